The molecule has 4 rings (SSSR count). The van der Waals surface area contributed by atoms with E-state index in [2.05, 4.69) is 30.7 Å². The topological polar surface area (TPSA) is 109 Å². The van der Waals surface area contributed by atoms with Gasteiger partial charge in [-0.2, -0.15) is 10.2 Å². The Morgan fingerprint density at radius 1 is 1.00 bits per heavy atom. The molecule has 8 heteroatoms. The first-order chi connectivity index (χ1) is 13.7. The van der Waals surface area contributed by atoms with Crippen LogP contribution in [0.4, 0.5) is 5.69 Å². The van der Waals surface area contributed by atoms with Crippen LogP contribution in [-0.2, 0) is 11.3 Å². The zero-order valence-corrected chi connectivity index (χ0v) is 15.1. The molecule has 2 aromatic heterocycles. The molecule has 0 atom stereocenters. The number of amides is 1. The molecule has 2 aromatic carbocycles. The van der Waals surface area contributed by atoms with Gasteiger partial charge in [0.15, 0.2) is 11.6 Å². The van der Waals surface area contributed by atoms with Crippen molar-refractivity contribution in [3.05, 3.63) is 72.2 Å². The van der Waals surface area contributed by atoms with E-state index in [1.807, 2.05) is 42.5 Å². The summed E-state index contributed by atoms with van der Waals surface area (Å²) >= 11 is 0. The lowest BCUT2D eigenvalue weighted by molar-refractivity contribution is 0.102. The average Bonchev–Trinajstić information content (AvgIpc) is 3.40. The Balaban J connectivity index is 1.44. The summed E-state index contributed by atoms with van der Waals surface area (Å²) in [6.07, 6.45) is 0. The predicted molar refractivity (Wildman–Crippen MR) is 105 cm³/mol. The molecular formula is C20H18N6O2. The van der Waals surface area contributed by atoms with Crippen molar-refractivity contribution >= 4 is 11.6 Å². The van der Waals surface area contributed by atoms with Crippen molar-refractivity contribution in [1.82, 2.24) is 25.4 Å². The van der Waals surface area contributed by atoms with Crippen molar-refractivity contribution in [2.24, 2.45) is 0 Å². The molecule has 0 aliphatic carbocycles. The van der Waals surface area contributed by atoms with Crippen LogP contribution in [0.25, 0.3) is 22.6 Å². The van der Waals surface area contributed by atoms with Crippen LogP contribution in [-0.4, -0.2) is 38.4 Å². The fourth-order valence-electron chi connectivity index (χ4n) is 2.72. The van der Waals surface area contributed by atoms with Crippen LogP contribution in [0.2, 0.25) is 0 Å². The molecule has 2 heterocycles. The molecule has 0 saturated carbocycles. The molecule has 1 amide bonds. The second kappa shape index (κ2) is 7.85. The maximum atomic E-state index is 12.5. The summed E-state index contributed by atoms with van der Waals surface area (Å²) < 4.78 is 5.02. The summed E-state index contributed by atoms with van der Waals surface area (Å²) in [5.41, 5.74) is 3.56. The molecule has 0 spiro atoms. The number of hydrogen-bond acceptors (Lipinski definition) is 5. The minimum absolute atomic E-state index is 0.261. The number of anilines is 1. The highest BCUT2D eigenvalue weighted by molar-refractivity contribution is 6.03. The molecule has 0 aliphatic rings. The van der Waals surface area contributed by atoms with Crippen molar-refractivity contribution in [3.63, 3.8) is 0 Å². The lowest BCUT2D eigenvalue weighted by Gasteiger charge is -2.04. The zero-order chi connectivity index (χ0) is 19.3. The summed E-state index contributed by atoms with van der Waals surface area (Å²) in [5, 5.41) is 16.8. The number of aromatic nitrogens is 5. The Bertz CT molecular complexity index is 1070. The number of benzene rings is 2. The van der Waals surface area contributed by atoms with E-state index < -0.39 is 0 Å². The van der Waals surface area contributed by atoms with Crippen LogP contribution in [0.15, 0.2) is 60.7 Å². The molecule has 0 fully saturated rings. The van der Waals surface area contributed by atoms with Gasteiger partial charge in [-0.3, -0.25) is 15.0 Å². The Morgan fingerprint density at radius 3 is 2.54 bits per heavy atom. The lowest BCUT2D eigenvalue weighted by atomic mass is 10.1. The Labute approximate surface area is 161 Å². The van der Waals surface area contributed by atoms with Crippen molar-refractivity contribution < 1.29 is 9.53 Å². The monoisotopic (exact) mass is 374 g/mol. The zero-order valence-electron chi connectivity index (χ0n) is 15.1. The minimum atomic E-state index is -0.261. The summed E-state index contributed by atoms with van der Waals surface area (Å²) in [7, 11) is 1.60. The number of methoxy groups -OCH3 is 1. The highest BCUT2D eigenvalue weighted by Gasteiger charge is 2.12. The van der Waals surface area contributed by atoms with Crippen molar-refractivity contribution in [2.75, 3.05) is 12.4 Å². The maximum Gasteiger partial charge on any atom is 0.273 e. The third-order valence-corrected chi connectivity index (χ3v) is 4.11. The molecule has 28 heavy (non-hydrogen) atoms. The highest BCUT2D eigenvalue weighted by Crippen LogP contribution is 2.20. The van der Waals surface area contributed by atoms with Crippen molar-refractivity contribution in [2.45, 2.75) is 6.61 Å². The van der Waals surface area contributed by atoms with Gasteiger partial charge < -0.3 is 10.1 Å². The fraction of sp³-hybridized carbons (Fsp3) is 0.100. The average molecular weight is 374 g/mol. The molecule has 0 radical (unpaired) electrons. The van der Waals surface area contributed by atoms with Gasteiger partial charge in [-0.25, -0.2) is 4.98 Å². The van der Waals surface area contributed by atoms with E-state index in [0.29, 0.717) is 29.6 Å². The molecule has 3 N–H and O–H groups in total. The number of ether oxygens (including phenoxy) is 1. The number of rotatable bonds is 6. The summed E-state index contributed by atoms with van der Waals surface area (Å²) in [4.78, 5) is 16.8. The predicted octanol–water partition coefficient (Wildman–Crippen LogP) is 3.26. The van der Waals surface area contributed by atoms with Crippen LogP contribution in [0.3, 0.4) is 0 Å². The maximum absolute atomic E-state index is 12.5. The van der Waals surface area contributed by atoms with Gasteiger partial charge in [0.1, 0.15) is 12.3 Å². The van der Waals surface area contributed by atoms with Gasteiger partial charge in [0, 0.05) is 23.9 Å². The molecule has 140 valence electrons. The van der Waals surface area contributed by atoms with Gasteiger partial charge in [-0.15, -0.1) is 0 Å². The Morgan fingerprint density at radius 2 is 1.79 bits per heavy atom. The molecular weight excluding hydrogens is 356 g/mol. The van der Waals surface area contributed by atoms with E-state index in [9.17, 15) is 4.79 Å². The molecule has 8 nitrogen and oxygen atoms in total. The standard InChI is InChI=1S/C20H18N6O2/c1-28-12-18-22-19(26-25-18)14-7-9-15(10-8-14)21-20(27)17-11-16(23-24-17)13-5-3-2-4-6-13/h2-11H,12H2,1H3,(H,21,27)(H,23,24)(H,22,25,26). The quantitative estimate of drug-likeness (QED) is 0.480. The summed E-state index contributed by atoms with van der Waals surface area (Å²) in [6, 6.07) is 18.7. The van der Waals surface area contributed by atoms with Crippen LogP contribution in [0.1, 0.15) is 16.3 Å². The van der Waals surface area contributed by atoms with E-state index in [-0.39, 0.29) is 5.91 Å². The number of H-pyrrole nitrogens is 2. The van der Waals surface area contributed by atoms with Gasteiger partial charge in [0.2, 0.25) is 0 Å². The Kier molecular flexibility index (Phi) is 4.94. The molecule has 4 aromatic rings. The first-order valence-corrected chi connectivity index (χ1v) is 8.66. The van der Waals surface area contributed by atoms with Gasteiger partial charge in [0.05, 0.1) is 5.69 Å². The number of nitrogens with zero attached hydrogens (tertiary/aromatic N) is 3. The largest absolute Gasteiger partial charge is 0.377 e. The smallest absolute Gasteiger partial charge is 0.273 e. The number of nitrogens with one attached hydrogen (secondary N) is 3. The van der Waals surface area contributed by atoms with Crippen LogP contribution in [0.5, 0.6) is 0 Å². The van der Waals surface area contributed by atoms with E-state index in [4.69, 9.17) is 4.74 Å². The number of hydrogen-bond donors (Lipinski definition) is 3. The first-order valence-electron chi connectivity index (χ1n) is 8.66. The second-order valence-electron chi connectivity index (χ2n) is 6.10. The van der Waals surface area contributed by atoms with Gasteiger partial charge in [0.25, 0.3) is 5.91 Å². The highest BCUT2D eigenvalue weighted by atomic mass is 16.5. The molecule has 0 bridgehead atoms. The number of carbonyl (C=O) groups excluding carboxylic acids is 1. The van der Waals surface area contributed by atoms with Crippen molar-refractivity contribution in [1.29, 1.82) is 0 Å². The second-order valence-corrected chi connectivity index (χ2v) is 6.10. The van der Waals surface area contributed by atoms with Crippen LogP contribution in [0, 0.1) is 0 Å². The Hall–Kier alpha value is -3.78. The third kappa shape index (κ3) is 3.81. The van der Waals surface area contributed by atoms with E-state index in [1.54, 1.807) is 25.3 Å². The minimum Gasteiger partial charge on any atom is -0.377 e. The molecule has 0 aliphatic heterocycles. The van der Waals surface area contributed by atoms with E-state index >= 15 is 0 Å². The first kappa shape index (κ1) is 17.6. The van der Waals surface area contributed by atoms with E-state index in [1.165, 1.54) is 0 Å². The van der Waals surface area contributed by atoms with Gasteiger partial charge in [-0.05, 0) is 30.3 Å². The van der Waals surface area contributed by atoms with Crippen LogP contribution < -0.4 is 5.32 Å². The lowest BCUT2D eigenvalue weighted by Crippen LogP contribution is -2.12. The van der Waals surface area contributed by atoms with Crippen molar-refractivity contribution in [3.8, 4) is 22.6 Å². The molecule has 0 unspecified atom stereocenters. The third-order valence-electron chi connectivity index (χ3n) is 4.11. The summed E-state index contributed by atoms with van der Waals surface area (Å²) in [6.45, 7) is 0.371. The summed E-state index contributed by atoms with van der Waals surface area (Å²) in [5.74, 6) is 0.969. The normalized spacial score (nSPS) is 10.8. The van der Waals surface area contributed by atoms with Gasteiger partial charge >= 0.3 is 0 Å². The number of carbonyl (C=O) groups is 1. The van der Waals surface area contributed by atoms with E-state index in [0.717, 1.165) is 16.8 Å². The van der Waals surface area contributed by atoms with Gasteiger partial charge in [-0.1, -0.05) is 30.3 Å². The van der Waals surface area contributed by atoms with Crippen LogP contribution >= 0.6 is 0 Å². The fourth-order valence-corrected chi connectivity index (χ4v) is 2.72. The SMILES string of the molecule is COCc1nc(-c2ccc(NC(=O)c3cc(-c4ccccc4)n[nH]3)cc2)n[nH]1. The number of aromatic amines is 2. The molecule has 0 saturated heterocycles.